The van der Waals surface area contributed by atoms with Crippen molar-refractivity contribution in [3.8, 4) is 5.69 Å². The van der Waals surface area contributed by atoms with Crippen LogP contribution in [0, 0.1) is 0 Å². The quantitative estimate of drug-likeness (QED) is 0.640. The molecule has 29 heavy (non-hydrogen) atoms. The molecule has 0 amide bonds. The first-order valence-corrected chi connectivity index (χ1v) is 8.70. The first kappa shape index (κ1) is 20.7. The molecule has 9 heteroatoms. The monoisotopic (exact) mass is 404 g/mol. The van der Waals surface area contributed by atoms with Crippen molar-refractivity contribution in [2.24, 2.45) is 0 Å². The molecule has 1 N–H and O–H groups in total. The Labute approximate surface area is 165 Å². The van der Waals surface area contributed by atoms with Crippen molar-refractivity contribution in [1.82, 2.24) is 19.4 Å². The molecule has 0 aliphatic rings. The highest BCUT2D eigenvalue weighted by atomic mass is 19.4. The Hall–Kier alpha value is -3.04. The van der Waals surface area contributed by atoms with E-state index < -0.39 is 24.1 Å². The summed E-state index contributed by atoms with van der Waals surface area (Å²) in [7, 11) is 3.56. The van der Waals surface area contributed by atoms with Gasteiger partial charge in [0.15, 0.2) is 0 Å². The number of carbonyl (C=O) groups is 1. The molecule has 0 unspecified atom stereocenters. The van der Waals surface area contributed by atoms with Gasteiger partial charge >= 0.3 is 6.18 Å². The van der Waals surface area contributed by atoms with Crippen LogP contribution < -0.4 is 0 Å². The third-order valence-electron chi connectivity index (χ3n) is 4.24. The maximum atomic E-state index is 13.4. The fourth-order valence-corrected chi connectivity index (χ4v) is 2.95. The van der Waals surface area contributed by atoms with E-state index in [-0.39, 0.29) is 22.6 Å². The Morgan fingerprint density at radius 3 is 2.52 bits per heavy atom. The van der Waals surface area contributed by atoms with Crippen molar-refractivity contribution >= 4 is 5.78 Å². The molecule has 0 saturated heterocycles. The number of aromatic nitrogens is 3. The van der Waals surface area contributed by atoms with E-state index in [0.717, 1.165) is 18.2 Å². The van der Waals surface area contributed by atoms with Crippen molar-refractivity contribution in [2.75, 3.05) is 14.1 Å². The average Bonchev–Trinajstić information content (AvgIpc) is 3.08. The number of halogens is 3. The van der Waals surface area contributed by atoms with Gasteiger partial charge in [-0.15, -0.1) is 0 Å². The Morgan fingerprint density at radius 2 is 1.93 bits per heavy atom. The zero-order chi connectivity index (χ0) is 21.2. The lowest BCUT2D eigenvalue weighted by Crippen LogP contribution is -2.19. The van der Waals surface area contributed by atoms with Crippen molar-refractivity contribution < 1.29 is 23.1 Å². The lowest BCUT2D eigenvalue weighted by Gasteiger charge is -2.18. The summed E-state index contributed by atoms with van der Waals surface area (Å²) in [6, 6.07) is 7.65. The molecular weight excluding hydrogens is 385 g/mol. The minimum absolute atomic E-state index is 0.00567. The summed E-state index contributed by atoms with van der Waals surface area (Å²) in [5.74, 6) is -0.129. The third-order valence-corrected chi connectivity index (χ3v) is 4.24. The Kier molecular flexibility index (Phi) is 5.81. The Balaban J connectivity index is 2.26. The smallest absolute Gasteiger partial charge is 0.390 e. The molecule has 0 saturated carbocycles. The van der Waals surface area contributed by atoms with Gasteiger partial charge in [0.1, 0.15) is 11.5 Å². The largest absolute Gasteiger partial charge is 0.416 e. The number of nitrogens with zero attached hydrogens (tertiary/aromatic N) is 4. The van der Waals surface area contributed by atoms with E-state index in [0.29, 0.717) is 12.4 Å². The Morgan fingerprint density at radius 1 is 1.17 bits per heavy atom. The zero-order valence-electron chi connectivity index (χ0n) is 15.8. The molecule has 1 aromatic carbocycles. The number of benzene rings is 1. The topological polar surface area (TPSA) is 71.2 Å². The predicted molar refractivity (Wildman–Crippen MR) is 99.5 cm³/mol. The van der Waals surface area contributed by atoms with Gasteiger partial charge in [-0.05, 0) is 44.4 Å². The fraction of sp³-hybridized carbons (Fsp3) is 0.250. The van der Waals surface area contributed by atoms with Crippen molar-refractivity contribution in [2.45, 2.75) is 19.3 Å². The molecule has 0 fully saturated rings. The number of ketones is 1. The number of rotatable bonds is 6. The lowest BCUT2D eigenvalue weighted by atomic mass is 10.0. The van der Waals surface area contributed by atoms with Crippen LogP contribution in [0.1, 0.15) is 33.1 Å². The molecule has 3 rings (SSSR count). The summed E-state index contributed by atoms with van der Waals surface area (Å²) >= 11 is 0. The maximum Gasteiger partial charge on any atom is 0.416 e. The third kappa shape index (κ3) is 4.36. The fourth-order valence-electron chi connectivity index (χ4n) is 2.95. The molecule has 0 aliphatic heterocycles. The normalized spacial score (nSPS) is 11.8. The minimum atomic E-state index is -4.59. The summed E-state index contributed by atoms with van der Waals surface area (Å²) < 4.78 is 41.5. The maximum absolute atomic E-state index is 13.4. The van der Waals surface area contributed by atoms with Crippen LogP contribution in [0.25, 0.3) is 5.69 Å². The van der Waals surface area contributed by atoms with Crippen LogP contribution in [0.15, 0.2) is 48.8 Å². The van der Waals surface area contributed by atoms with Crippen LogP contribution in [0.4, 0.5) is 13.2 Å². The van der Waals surface area contributed by atoms with Crippen LogP contribution in [0.5, 0.6) is 0 Å². The second-order valence-electron chi connectivity index (χ2n) is 6.67. The molecule has 0 aliphatic carbocycles. The summed E-state index contributed by atoms with van der Waals surface area (Å²) in [6.07, 6.45) is -1.78. The molecule has 3 aromatic rings. The standard InChI is InChI=1S/C20H19F3N4O2/c1-26(2)11-18-25-10-14(12-28)27(18)17-9-13(20(21,22)23)6-7-15(17)19(29)16-5-3-4-8-24-16/h3-10,28H,11-12H2,1-2H3. The van der Waals surface area contributed by atoms with Gasteiger partial charge in [0.05, 0.1) is 36.3 Å². The number of hydrogen-bond donors (Lipinski definition) is 1. The molecule has 0 spiro atoms. The number of hydrogen-bond acceptors (Lipinski definition) is 5. The molecule has 0 bridgehead atoms. The van der Waals surface area contributed by atoms with Gasteiger partial charge in [-0.25, -0.2) is 4.98 Å². The summed E-state index contributed by atoms with van der Waals surface area (Å²) in [6.45, 7) is -0.151. The molecule has 2 heterocycles. The first-order chi connectivity index (χ1) is 13.7. The number of aliphatic hydroxyl groups is 1. The van der Waals surface area contributed by atoms with Crippen molar-refractivity contribution in [1.29, 1.82) is 0 Å². The highest BCUT2D eigenvalue weighted by molar-refractivity contribution is 6.10. The highest BCUT2D eigenvalue weighted by Crippen LogP contribution is 2.33. The van der Waals surface area contributed by atoms with Crippen LogP contribution in [-0.2, 0) is 19.3 Å². The second kappa shape index (κ2) is 8.14. The summed E-state index contributed by atoms with van der Waals surface area (Å²) in [4.78, 5) is 23.0. The van der Waals surface area contributed by atoms with Crippen LogP contribution in [0.2, 0.25) is 0 Å². The highest BCUT2D eigenvalue weighted by Gasteiger charge is 2.32. The van der Waals surface area contributed by atoms with E-state index in [1.54, 1.807) is 31.1 Å². The SMILES string of the molecule is CN(C)Cc1ncc(CO)n1-c1cc(C(F)(F)F)ccc1C(=O)c1ccccn1. The summed E-state index contributed by atoms with van der Waals surface area (Å²) in [5, 5.41) is 9.71. The molecule has 6 nitrogen and oxygen atoms in total. The van der Waals surface area contributed by atoms with Crippen molar-refractivity contribution in [3.05, 3.63) is 77.1 Å². The van der Waals surface area contributed by atoms with Crippen molar-refractivity contribution in [3.63, 3.8) is 0 Å². The van der Waals surface area contributed by atoms with Gasteiger partial charge < -0.3 is 10.0 Å². The number of pyridine rings is 1. The number of alkyl halides is 3. The average molecular weight is 404 g/mol. The van der Waals surface area contributed by atoms with Crippen LogP contribution in [-0.4, -0.2) is 44.4 Å². The predicted octanol–water partition coefficient (Wildman–Crippen LogP) is 3.07. The van der Waals surface area contributed by atoms with E-state index >= 15 is 0 Å². The van der Waals surface area contributed by atoms with E-state index in [1.807, 2.05) is 0 Å². The van der Waals surface area contributed by atoms with Gasteiger partial charge in [-0.2, -0.15) is 13.2 Å². The number of carbonyl (C=O) groups excluding carboxylic acids is 1. The minimum Gasteiger partial charge on any atom is -0.390 e. The van der Waals surface area contributed by atoms with Gasteiger partial charge in [0.2, 0.25) is 5.78 Å². The second-order valence-corrected chi connectivity index (χ2v) is 6.67. The molecule has 152 valence electrons. The molecular formula is C20H19F3N4O2. The van der Waals surface area contributed by atoms with E-state index in [4.69, 9.17) is 0 Å². The van der Waals surface area contributed by atoms with Crippen LogP contribution in [0.3, 0.4) is 0 Å². The van der Waals surface area contributed by atoms with Gasteiger partial charge in [0, 0.05) is 11.8 Å². The number of imidazole rings is 1. The summed E-state index contributed by atoms with van der Waals surface area (Å²) in [5.41, 5.74) is -0.499. The lowest BCUT2D eigenvalue weighted by molar-refractivity contribution is -0.137. The first-order valence-electron chi connectivity index (χ1n) is 8.70. The van der Waals surface area contributed by atoms with E-state index in [2.05, 4.69) is 9.97 Å². The molecule has 2 aromatic heterocycles. The van der Waals surface area contributed by atoms with Gasteiger partial charge in [-0.3, -0.25) is 14.3 Å². The van der Waals surface area contributed by atoms with Crippen LogP contribution >= 0.6 is 0 Å². The zero-order valence-corrected chi connectivity index (χ0v) is 15.8. The molecule has 0 radical (unpaired) electrons. The van der Waals surface area contributed by atoms with Gasteiger partial charge in [0.25, 0.3) is 0 Å². The molecule has 0 atom stereocenters. The van der Waals surface area contributed by atoms with E-state index in [9.17, 15) is 23.1 Å². The van der Waals surface area contributed by atoms with Gasteiger partial charge in [-0.1, -0.05) is 6.07 Å². The number of aliphatic hydroxyl groups excluding tert-OH is 1. The Bertz CT molecular complexity index is 1010. The van der Waals surface area contributed by atoms with E-state index in [1.165, 1.54) is 23.0 Å².